The number of carbonyl (C=O) groups excluding carboxylic acids is 2. The fourth-order valence-corrected chi connectivity index (χ4v) is 5.94. The minimum Gasteiger partial charge on any atom is -0.496 e. The van der Waals surface area contributed by atoms with Crippen LogP contribution in [0.2, 0.25) is 0 Å². The van der Waals surface area contributed by atoms with Gasteiger partial charge in [0.2, 0.25) is 0 Å². The van der Waals surface area contributed by atoms with Crippen LogP contribution in [0.4, 0.5) is 14.5 Å². The zero-order chi connectivity index (χ0) is 24.6. The lowest BCUT2D eigenvalue weighted by molar-refractivity contribution is -0.286. The van der Waals surface area contributed by atoms with Crippen LogP contribution >= 0.6 is 23.7 Å². The van der Waals surface area contributed by atoms with Gasteiger partial charge in [-0.15, -0.1) is 32.5 Å². The van der Waals surface area contributed by atoms with E-state index in [0.29, 0.717) is 35.2 Å². The van der Waals surface area contributed by atoms with Crippen LogP contribution in [-0.4, -0.2) is 48.5 Å². The van der Waals surface area contributed by atoms with Gasteiger partial charge in [0.05, 0.1) is 39.7 Å². The van der Waals surface area contributed by atoms with Crippen molar-refractivity contribution >= 4 is 51.5 Å². The summed E-state index contributed by atoms with van der Waals surface area (Å²) < 4.78 is 47.9. The molecule has 0 saturated heterocycles. The van der Waals surface area contributed by atoms with E-state index in [4.69, 9.17) is 9.47 Å². The molecule has 3 fully saturated rings. The maximum Gasteiger partial charge on any atom is 0.586 e. The van der Waals surface area contributed by atoms with Crippen molar-refractivity contribution in [3.63, 3.8) is 0 Å². The molecule has 190 valence electrons. The van der Waals surface area contributed by atoms with E-state index >= 15 is 0 Å². The molecular formula is C23H20ClF2N3O6S. The van der Waals surface area contributed by atoms with Crippen molar-refractivity contribution in [1.29, 1.82) is 0 Å². The summed E-state index contributed by atoms with van der Waals surface area (Å²) in [5.41, 5.74) is 1.74. The molecule has 0 atom stereocenters. The van der Waals surface area contributed by atoms with Crippen molar-refractivity contribution in [1.82, 2.24) is 10.3 Å². The Balaban J connectivity index is 0.00000267. The van der Waals surface area contributed by atoms with Crippen LogP contribution in [0.1, 0.15) is 40.0 Å². The first-order valence-electron chi connectivity index (χ1n) is 10.7. The Morgan fingerprint density at radius 2 is 1.78 bits per heavy atom. The van der Waals surface area contributed by atoms with Gasteiger partial charge in [-0.05, 0) is 37.5 Å². The first-order valence-corrected chi connectivity index (χ1v) is 11.6. The SMILES string of the molecule is COc1ccc2ncsc2c1C(=O)Nc1cc2c(cc1C(=O)NC13CC(OC)(C1)C3)OC(F)(F)O2.Cl. The molecule has 7 rings (SSSR count). The average molecular weight is 540 g/mol. The van der Waals surface area contributed by atoms with Crippen molar-refractivity contribution in [2.75, 3.05) is 19.5 Å². The highest BCUT2D eigenvalue weighted by Crippen LogP contribution is 2.62. The van der Waals surface area contributed by atoms with Gasteiger partial charge in [0.1, 0.15) is 11.3 Å². The highest BCUT2D eigenvalue weighted by molar-refractivity contribution is 7.17. The molecule has 9 nitrogen and oxygen atoms in total. The Kier molecular flexibility index (Phi) is 5.54. The molecule has 1 aromatic heterocycles. The van der Waals surface area contributed by atoms with Crippen LogP contribution in [0.5, 0.6) is 17.2 Å². The summed E-state index contributed by atoms with van der Waals surface area (Å²) in [5, 5.41) is 5.63. The molecule has 3 aromatic rings. The largest absolute Gasteiger partial charge is 0.586 e. The molecule has 4 aliphatic rings. The van der Waals surface area contributed by atoms with E-state index in [9.17, 15) is 18.4 Å². The summed E-state index contributed by atoms with van der Waals surface area (Å²) in [7, 11) is 3.06. The van der Waals surface area contributed by atoms with Crippen molar-refractivity contribution in [3.8, 4) is 17.2 Å². The molecule has 0 spiro atoms. The summed E-state index contributed by atoms with van der Waals surface area (Å²) >= 11 is 1.25. The lowest BCUT2D eigenvalue weighted by Crippen LogP contribution is -2.79. The lowest BCUT2D eigenvalue weighted by atomic mass is 9.46. The highest BCUT2D eigenvalue weighted by atomic mass is 35.5. The number of thiazole rings is 1. The molecule has 1 aliphatic heterocycles. The monoisotopic (exact) mass is 539 g/mol. The van der Waals surface area contributed by atoms with Crippen LogP contribution in [0.25, 0.3) is 10.2 Å². The van der Waals surface area contributed by atoms with Crippen LogP contribution in [-0.2, 0) is 4.74 Å². The first-order chi connectivity index (χ1) is 16.7. The number of amides is 2. The second-order valence-corrected chi connectivity index (χ2v) is 9.82. The van der Waals surface area contributed by atoms with E-state index in [0.717, 1.165) is 12.1 Å². The van der Waals surface area contributed by atoms with E-state index in [-0.39, 0.29) is 46.3 Å². The number of anilines is 1. The summed E-state index contributed by atoms with van der Waals surface area (Å²) in [6, 6.07) is 5.63. The van der Waals surface area contributed by atoms with E-state index < -0.39 is 23.6 Å². The molecule has 2 amide bonds. The third kappa shape index (κ3) is 3.71. The second kappa shape index (κ2) is 8.15. The third-order valence-corrected chi connectivity index (χ3v) is 7.60. The Morgan fingerprint density at radius 1 is 1.08 bits per heavy atom. The molecule has 0 unspecified atom stereocenters. The average Bonchev–Trinajstić information content (AvgIpc) is 3.35. The van der Waals surface area contributed by atoms with Gasteiger partial charge in [-0.1, -0.05) is 0 Å². The van der Waals surface area contributed by atoms with Crippen molar-refractivity contribution in [2.24, 2.45) is 0 Å². The Morgan fingerprint density at radius 3 is 2.44 bits per heavy atom. The number of carbonyl (C=O) groups is 2. The molecule has 2 N–H and O–H groups in total. The zero-order valence-electron chi connectivity index (χ0n) is 19.0. The van der Waals surface area contributed by atoms with Gasteiger partial charge in [-0.3, -0.25) is 9.59 Å². The number of nitrogens with zero attached hydrogens (tertiary/aromatic N) is 1. The standard InChI is InChI=1S/C23H19F2N3O6S.ClH/c1-31-14-4-3-12-18(35-10-26-12)17(14)20(30)27-13-6-16-15(33-23(24,25)34-16)5-11(13)19(29)28-21-7-22(8-21,9-21)32-2;/h3-6,10H,7-9H2,1-2H3,(H,27,30)(H,28,29);1H. The number of hydrogen-bond acceptors (Lipinski definition) is 8. The van der Waals surface area contributed by atoms with Crippen LogP contribution in [0.15, 0.2) is 29.8 Å². The number of ether oxygens (including phenoxy) is 4. The quantitative estimate of drug-likeness (QED) is 0.479. The third-order valence-electron chi connectivity index (χ3n) is 6.74. The molecular weight excluding hydrogens is 520 g/mol. The highest BCUT2D eigenvalue weighted by Gasteiger charge is 2.69. The summed E-state index contributed by atoms with van der Waals surface area (Å²) in [5.74, 6) is -1.43. The Hall–Kier alpha value is -3.22. The molecule has 13 heteroatoms. The summed E-state index contributed by atoms with van der Waals surface area (Å²) in [4.78, 5) is 30.8. The van der Waals surface area contributed by atoms with Crippen molar-refractivity contribution < 1.29 is 37.3 Å². The number of methoxy groups -OCH3 is 2. The fourth-order valence-electron chi connectivity index (χ4n) is 5.12. The molecule has 36 heavy (non-hydrogen) atoms. The van der Waals surface area contributed by atoms with Gasteiger partial charge >= 0.3 is 6.29 Å². The normalized spacial score (nSPS) is 24.2. The first kappa shape index (κ1) is 24.5. The predicted molar refractivity (Wildman–Crippen MR) is 128 cm³/mol. The van der Waals surface area contributed by atoms with Crippen LogP contribution in [0, 0.1) is 0 Å². The van der Waals surface area contributed by atoms with E-state index in [1.54, 1.807) is 24.8 Å². The number of hydrogen-bond donors (Lipinski definition) is 2. The minimum atomic E-state index is -3.88. The fraction of sp³-hybridized carbons (Fsp3) is 0.348. The van der Waals surface area contributed by atoms with Crippen molar-refractivity contribution in [2.45, 2.75) is 36.7 Å². The van der Waals surface area contributed by atoms with Crippen molar-refractivity contribution in [3.05, 3.63) is 40.9 Å². The Bertz CT molecular complexity index is 1390. The van der Waals surface area contributed by atoms with Crippen LogP contribution < -0.4 is 24.8 Å². The number of rotatable bonds is 6. The van der Waals surface area contributed by atoms with Gasteiger partial charge in [0.25, 0.3) is 11.8 Å². The molecule has 2 heterocycles. The molecule has 3 aliphatic carbocycles. The van der Waals surface area contributed by atoms with Gasteiger partial charge in [0.15, 0.2) is 11.5 Å². The maximum absolute atomic E-state index is 13.7. The predicted octanol–water partition coefficient (Wildman–Crippen LogP) is 4.35. The van der Waals surface area contributed by atoms with E-state index in [1.165, 1.54) is 18.4 Å². The lowest BCUT2D eigenvalue weighted by Gasteiger charge is -2.69. The minimum absolute atomic E-state index is 0. The van der Waals surface area contributed by atoms with Gasteiger partial charge in [-0.2, -0.15) is 0 Å². The van der Waals surface area contributed by atoms with E-state index in [1.807, 2.05) is 0 Å². The number of benzene rings is 2. The van der Waals surface area contributed by atoms with E-state index in [2.05, 4.69) is 25.1 Å². The molecule has 3 saturated carbocycles. The smallest absolute Gasteiger partial charge is 0.496 e. The van der Waals surface area contributed by atoms with Gasteiger partial charge in [-0.25, -0.2) is 4.98 Å². The number of nitrogens with one attached hydrogen (secondary N) is 2. The number of aromatic nitrogens is 1. The molecule has 0 radical (unpaired) electrons. The summed E-state index contributed by atoms with van der Waals surface area (Å²) in [6.07, 6.45) is -1.89. The number of fused-ring (bicyclic) bond motifs is 2. The number of alkyl halides is 2. The molecule has 2 bridgehead atoms. The second-order valence-electron chi connectivity index (χ2n) is 8.96. The molecule has 2 aromatic carbocycles. The van der Waals surface area contributed by atoms with Gasteiger partial charge in [0, 0.05) is 18.7 Å². The topological polar surface area (TPSA) is 108 Å². The Labute approximate surface area is 213 Å². The maximum atomic E-state index is 13.7. The zero-order valence-corrected chi connectivity index (χ0v) is 20.6. The number of halogens is 3. The van der Waals surface area contributed by atoms with Crippen LogP contribution in [0.3, 0.4) is 0 Å². The summed E-state index contributed by atoms with van der Waals surface area (Å²) in [6.45, 7) is 0. The van der Waals surface area contributed by atoms with Gasteiger partial charge < -0.3 is 29.6 Å².